The van der Waals surface area contributed by atoms with Crippen molar-refractivity contribution in [2.24, 2.45) is 0 Å². The molecule has 2 aromatic carbocycles. The Morgan fingerprint density at radius 3 is 2.30 bits per heavy atom. The van der Waals surface area contributed by atoms with Crippen LogP contribution in [0, 0.1) is 0 Å². The van der Waals surface area contributed by atoms with Gasteiger partial charge in [-0.2, -0.15) is 13.2 Å². The molecule has 0 aliphatic carbocycles. The summed E-state index contributed by atoms with van der Waals surface area (Å²) >= 11 is 0. The van der Waals surface area contributed by atoms with Gasteiger partial charge in [-0.05, 0) is 49.4 Å². The number of nitrogens with one attached hydrogen (secondary N) is 1. The van der Waals surface area contributed by atoms with Gasteiger partial charge in [0.1, 0.15) is 17.6 Å². The highest BCUT2D eigenvalue weighted by molar-refractivity contribution is 5.46. The van der Waals surface area contributed by atoms with Gasteiger partial charge in [-0.3, -0.25) is 0 Å². The molecule has 1 atom stereocenters. The van der Waals surface area contributed by atoms with Gasteiger partial charge in [0.15, 0.2) is 0 Å². The minimum Gasteiger partial charge on any atom is -0.497 e. The van der Waals surface area contributed by atoms with Crippen molar-refractivity contribution in [1.82, 2.24) is 0 Å². The Morgan fingerprint density at radius 2 is 1.70 bits per heavy atom. The summed E-state index contributed by atoms with van der Waals surface area (Å²) in [6.07, 6.45) is -4.55. The van der Waals surface area contributed by atoms with Crippen molar-refractivity contribution < 1.29 is 22.6 Å². The summed E-state index contributed by atoms with van der Waals surface area (Å²) in [4.78, 5) is 0. The third kappa shape index (κ3) is 5.09. The zero-order valence-corrected chi connectivity index (χ0v) is 12.9. The molecule has 0 aliphatic rings. The van der Waals surface area contributed by atoms with E-state index in [0.717, 1.165) is 17.9 Å². The lowest BCUT2D eigenvalue weighted by Crippen LogP contribution is -2.22. The van der Waals surface area contributed by atoms with E-state index in [4.69, 9.17) is 9.47 Å². The van der Waals surface area contributed by atoms with E-state index in [0.29, 0.717) is 18.0 Å². The average Bonchev–Trinajstić information content (AvgIpc) is 2.53. The first kappa shape index (κ1) is 17.0. The summed E-state index contributed by atoms with van der Waals surface area (Å²) in [7, 11) is 1.58. The third-order valence-electron chi connectivity index (χ3n) is 3.18. The molecule has 0 radical (unpaired) electrons. The molecule has 3 nitrogen and oxygen atoms in total. The molecule has 0 aromatic heterocycles. The molecule has 124 valence electrons. The summed E-state index contributed by atoms with van der Waals surface area (Å²) in [6.45, 7) is 2.22. The zero-order chi connectivity index (χ0) is 16.9. The van der Waals surface area contributed by atoms with Crippen LogP contribution in [0.2, 0.25) is 0 Å². The highest BCUT2D eigenvalue weighted by Crippen LogP contribution is 2.30. The molecule has 0 heterocycles. The molecule has 6 heteroatoms. The summed E-state index contributed by atoms with van der Waals surface area (Å²) in [5, 5.41) is 2.95. The normalized spacial score (nSPS) is 12.6. The largest absolute Gasteiger partial charge is 0.497 e. The van der Waals surface area contributed by atoms with Crippen LogP contribution in [0.1, 0.15) is 12.5 Å². The molecule has 0 amide bonds. The van der Waals surface area contributed by atoms with E-state index < -0.39 is 11.7 Å². The SMILES string of the molecule is COc1ccc(OC(C)CNc2cccc(C(F)(F)F)c2)cc1. The Bertz CT molecular complexity index is 626. The number of rotatable bonds is 6. The van der Waals surface area contributed by atoms with Crippen LogP contribution in [-0.4, -0.2) is 19.8 Å². The van der Waals surface area contributed by atoms with Crippen LogP contribution in [0.5, 0.6) is 11.5 Å². The monoisotopic (exact) mass is 325 g/mol. The van der Waals surface area contributed by atoms with Crippen LogP contribution in [0.4, 0.5) is 18.9 Å². The Balaban J connectivity index is 1.90. The fourth-order valence-corrected chi connectivity index (χ4v) is 2.00. The third-order valence-corrected chi connectivity index (χ3v) is 3.18. The Labute approximate surface area is 133 Å². The van der Waals surface area contributed by atoms with Gasteiger partial charge in [0.2, 0.25) is 0 Å². The van der Waals surface area contributed by atoms with Crippen LogP contribution in [0.25, 0.3) is 0 Å². The second-order valence-electron chi connectivity index (χ2n) is 5.06. The highest BCUT2D eigenvalue weighted by Gasteiger charge is 2.30. The molecule has 0 saturated heterocycles. The van der Waals surface area contributed by atoms with Crippen molar-refractivity contribution in [3.8, 4) is 11.5 Å². The van der Waals surface area contributed by atoms with Crippen LogP contribution in [-0.2, 0) is 6.18 Å². The lowest BCUT2D eigenvalue weighted by molar-refractivity contribution is -0.137. The molecular weight excluding hydrogens is 307 g/mol. The second kappa shape index (κ2) is 7.26. The van der Waals surface area contributed by atoms with Crippen LogP contribution < -0.4 is 14.8 Å². The van der Waals surface area contributed by atoms with Crippen molar-refractivity contribution in [1.29, 1.82) is 0 Å². The van der Waals surface area contributed by atoms with E-state index in [9.17, 15) is 13.2 Å². The van der Waals surface area contributed by atoms with Crippen molar-refractivity contribution in [3.63, 3.8) is 0 Å². The minimum absolute atomic E-state index is 0.210. The number of ether oxygens (including phenoxy) is 2. The van der Waals surface area contributed by atoms with Gasteiger partial charge in [-0.25, -0.2) is 0 Å². The van der Waals surface area contributed by atoms with Gasteiger partial charge in [0, 0.05) is 5.69 Å². The van der Waals surface area contributed by atoms with Gasteiger partial charge in [-0.15, -0.1) is 0 Å². The van der Waals surface area contributed by atoms with Gasteiger partial charge < -0.3 is 14.8 Å². The van der Waals surface area contributed by atoms with E-state index in [1.165, 1.54) is 6.07 Å². The second-order valence-corrected chi connectivity index (χ2v) is 5.06. The first-order valence-electron chi connectivity index (χ1n) is 7.10. The van der Waals surface area contributed by atoms with Gasteiger partial charge in [-0.1, -0.05) is 6.07 Å². The Hall–Kier alpha value is -2.37. The van der Waals surface area contributed by atoms with Crippen molar-refractivity contribution in [3.05, 3.63) is 54.1 Å². The molecule has 1 unspecified atom stereocenters. The molecule has 0 bridgehead atoms. The molecule has 2 rings (SSSR count). The maximum absolute atomic E-state index is 12.7. The van der Waals surface area contributed by atoms with E-state index in [-0.39, 0.29) is 6.10 Å². The zero-order valence-electron chi connectivity index (χ0n) is 12.9. The molecular formula is C17H18F3NO2. The molecule has 2 aromatic rings. The van der Waals surface area contributed by atoms with E-state index in [2.05, 4.69) is 5.32 Å². The van der Waals surface area contributed by atoms with Crippen molar-refractivity contribution in [2.45, 2.75) is 19.2 Å². The van der Waals surface area contributed by atoms with E-state index >= 15 is 0 Å². The standard InChI is InChI=1S/C17H18F3NO2/c1-12(23-16-8-6-15(22-2)7-9-16)11-21-14-5-3-4-13(10-14)17(18,19)20/h3-10,12,21H,11H2,1-2H3. The minimum atomic E-state index is -4.34. The lowest BCUT2D eigenvalue weighted by atomic mass is 10.2. The fraction of sp³-hybridized carbons (Fsp3) is 0.294. The average molecular weight is 325 g/mol. The number of hydrogen-bond donors (Lipinski definition) is 1. The number of methoxy groups -OCH3 is 1. The highest BCUT2D eigenvalue weighted by atomic mass is 19.4. The van der Waals surface area contributed by atoms with Crippen molar-refractivity contribution >= 4 is 5.69 Å². The van der Waals surface area contributed by atoms with Gasteiger partial charge in [0.05, 0.1) is 19.2 Å². The summed E-state index contributed by atoms with van der Waals surface area (Å²) in [5.41, 5.74) is -0.267. The number of benzene rings is 2. The number of anilines is 1. The first-order chi connectivity index (χ1) is 10.9. The van der Waals surface area contributed by atoms with Crippen molar-refractivity contribution in [2.75, 3.05) is 19.0 Å². The van der Waals surface area contributed by atoms with E-state index in [1.807, 2.05) is 6.92 Å². The van der Waals surface area contributed by atoms with Crippen LogP contribution >= 0.6 is 0 Å². The topological polar surface area (TPSA) is 30.5 Å². The molecule has 0 saturated carbocycles. The Kier molecular flexibility index (Phi) is 5.36. The predicted molar refractivity (Wildman–Crippen MR) is 83.0 cm³/mol. The maximum Gasteiger partial charge on any atom is 0.416 e. The Morgan fingerprint density at radius 1 is 1.04 bits per heavy atom. The molecule has 0 spiro atoms. The molecule has 0 fully saturated rings. The van der Waals surface area contributed by atoms with Crippen LogP contribution in [0.15, 0.2) is 48.5 Å². The lowest BCUT2D eigenvalue weighted by Gasteiger charge is -2.17. The quantitative estimate of drug-likeness (QED) is 0.842. The molecule has 1 N–H and O–H groups in total. The van der Waals surface area contributed by atoms with E-state index in [1.54, 1.807) is 37.4 Å². The number of hydrogen-bond acceptors (Lipinski definition) is 3. The smallest absolute Gasteiger partial charge is 0.416 e. The number of alkyl halides is 3. The van der Waals surface area contributed by atoms with Gasteiger partial charge in [0.25, 0.3) is 0 Å². The summed E-state index contributed by atoms with van der Waals surface area (Å²) < 4.78 is 48.7. The summed E-state index contributed by atoms with van der Waals surface area (Å²) in [5.74, 6) is 1.40. The van der Waals surface area contributed by atoms with Gasteiger partial charge >= 0.3 is 6.18 Å². The number of halogens is 3. The maximum atomic E-state index is 12.7. The molecule has 0 aliphatic heterocycles. The first-order valence-corrected chi connectivity index (χ1v) is 7.10. The summed E-state index contributed by atoms with van der Waals surface area (Å²) in [6, 6.07) is 12.2. The molecule has 23 heavy (non-hydrogen) atoms. The fourth-order valence-electron chi connectivity index (χ4n) is 2.00. The van der Waals surface area contributed by atoms with Crippen LogP contribution in [0.3, 0.4) is 0 Å². The predicted octanol–water partition coefficient (Wildman–Crippen LogP) is 4.59.